The second-order valence-corrected chi connectivity index (χ2v) is 3.59. The van der Waals surface area contributed by atoms with Crippen LogP contribution in [0.5, 0.6) is 11.6 Å². The highest BCUT2D eigenvalue weighted by molar-refractivity contribution is 6.28. The topological polar surface area (TPSA) is 78.9 Å². The summed E-state index contributed by atoms with van der Waals surface area (Å²) in [6, 6.07) is 0. The maximum absolute atomic E-state index is 5.77. The van der Waals surface area contributed by atoms with Crippen molar-refractivity contribution in [1.29, 1.82) is 0 Å². The first-order chi connectivity index (χ1) is 7.56. The number of ether oxygens (including phenoxy) is 1. The summed E-state index contributed by atoms with van der Waals surface area (Å²) in [6.07, 6.45) is 3.26. The summed E-state index contributed by atoms with van der Waals surface area (Å²) in [6.45, 7) is 1.74. The molecule has 2 heterocycles. The standard InChI is InChI=1S/C9H10ClN5O/c1-5-7(11)8(14-9(10)13-5)16-6-3-12-15(2)4-6/h3-4H,11H2,1-2H3. The van der Waals surface area contributed by atoms with E-state index < -0.39 is 0 Å². The molecule has 0 radical (unpaired) electrons. The van der Waals surface area contributed by atoms with Crippen LogP contribution in [-0.2, 0) is 7.05 Å². The molecule has 0 unspecified atom stereocenters. The summed E-state index contributed by atoms with van der Waals surface area (Å²) in [5, 5.41) is 4.06. The molecule has 2 aromatic heterocycles. The van der Waals surface area contributed by atoms with Crippen molar-refractivity contribution in [3.63, 3.8) is 0 Å². The maximum Gasteiger partial charge on any atom is 0.247 e. The van der Waals surface area contributed by atoms with Gasteiger partial charge in [0.15, 0.2) is 5.75 Å². The minimum atomic E-state index is 0.102. The molecule has 0 fully saturated rings. The van der Waals surface area contributed by atoms with Crippen molar-refractivity contribution in [2.75, 3.05) is 5.73 Å². The van der Waals surface area contributed by atoms with E-state index in [-0.39, 0.29) is 11.2 Å². The summed E-state index contributed by atoms with van der Waals surface area (Å²) in [5.41, 5.74) is 6.72. The molecule has 0 aliphatic carbocycles. The second kappa shape index (κ2) is 3.97. The van der Waals surface area contributed by atoms with Gasteiger partial charge in [0.25, 0.3) is 0 Å². The van der Waals surface area contributed by atoms with E-state index in [1.54, 1.807) is 31.0 Å². The Morgan fingerprint density at radius 1 is 1.44 bits per heavy atom. The first-order valence-electron chi connectivity index (χ1n) is 4.52. The van der Waals surface area contributed by atoms with Crippen molar-refractivity contribution < 1.29 is 4.74 Å². The Bertz CT molecular complexity index is 525. The van der Waals surface area contributed by atoms with Crippen LogP contribution in [0.2, 0.25) is 5.28 Å². The molecule has 0 saturated heterocycles. The van der Waals surface area contributed by atoms with Crippen LogP contribution in [0.25, 0.3) is 0 Å². The zero-order chi connectivity index (χ0) is 11.7. The van der Waals surface area contributed by atoms with E-state index in [0.717, 1.165) is 0 Å². The Labute approximate surface area is 97.0 Å². The number of nitrogens with two attached hydrogens (primary N) is 1. The zero-order valence-electron chi connectivity index (χ0n) is 8.81. The molecule has 0 aliphatic rings. The lowest BCUT2D eigenvalue weighted by molar-refractivity contribution is 0.463. The minimum Gasteiger partial charge on any atom is -0.434 e. The molecule has 7 heteroatoms. The number of nitrogen functional groups attached to an aromatic ring is 1. The van der Waals surface area contributed by atoms with E-state index in [0.29, 0.717) is 17.1 Å². The summed E-state index contributed by atoms with van der Waals surface area (Å²) in [7, 11) is 1.79. The number of aryl methyl sites for hydroxylation is 2. The molecular weight excluding hydrogens is 230 g/mol. The molecule has 0 bridgehead atoms. The smallest absolute Gasteiger partial charge is 0.247 e. The van der Waals surface area contributed by atoms with Gasteiger partial charge in [0.05, 0.1) is 18.1 Å². The molecule has 0 amide bonds. The van der Waals surface area contributed by atoms with Crippen LogP contribution in [-0.4, -0.2) is 19.7 Å². The highest BCUT2D eigenvalue weighted by Gasteiger charge is 2.10. The van der Waals surface area contributed by atoms with E-state index in [4.69, 9.17) is 22.1 Å². The van der Waals surface area contributed by atoms with E-state index >= 15 is 0 Å². The molecule has 2 aromatic rings. The zero-order valence-corrected chi connectivity index (χ0v) is 9.56. The fraction of sp³-hybridized carbons (Fsp3) is 0.222. The predicted molar refractivity (Wildman–Crippen MR) is 59.5 cm³/mol. The summed E-state index contributed by atoms with van der Waals surface area (Å²) >= 11 is 5.71. The third kappa shape index (κ3) is 2.06. The average Bonchev–Trinajstić information content (AvgIpc) is 2.60. The van der Waals surface area contributed by atoms with Gasteiger partial charge in [-0.2, -0.15) is 10.1 Å². The first-order valence-corrected chi connectivity index (χ1v) is 4.90. The number of aromatic nitrogens is 4. The molecule has 0 spiro atoms. The van der Waals surface area contributed by atoms with Gasteiger partial charge in [-0.25, -0.2) is 4.98 Å². The van der Waals surface area contributed by atoms with Gasteiger partial charge < -0.3 is 10.5 Å². The number of anilines is 1. The highest BCUT2D eigenvalue weighted by atomic mass is 35.5. The van der Waals surface area contributed by atoms with Gasteiger partial charge in [0.1, 0.15) is 5.69 Å². The lowest BCUT2D eigenvalue weighted by atomic mass is 10.4. The molecule has 2 rings (SSSR count). The normalized spacial score (nSPS) is 10.4. The van der Waals surface area contributed by atoms with Crippen LogP contribution in [0.15, 0.2) is 12.4 Å². The van der Waals surface area contributed by atoms with Gasteiger partial charge in [-0.05, 0) is 18.5 Å². The van der Waals surface area contributed by atoms with Crippen molar-refractivity contribution in [2.24, 2.45) is 7.05 Å². The summed E-state index contributed by atoms with van der Waals surface area (Å²) in [5.74, 6) is 0.786. The molecule has 0 saturated carbocycles. The molecular formula is C9H10ClN5O. The van der Waals surface area contributed by atoms with E-state index in [9.17, 15) is 0 Å². The quantitative estimate of drug-likeness (QED) is 0.805. The lowest BCUT2D eigenvalue weighted by Crippen LogP contribution is -2.00. The fourth-order valence-electron chi connectivity index (χ4n) is 1.16. The van der Waals surface area contributed by atoms with Gasteiger partial charge in [-0.15, -0.1) is 0 Å². The lowest BCUT2D eigenvalue weighted by Gasteiger charge is -2.06. The molecule has 6 nitrogen and oxygen atoms in total. The van der Waals surface area contributed by atoms with Crippen molar-refractivity contribution in [3.8, 4) is 11.6 Å². The van der Waals surface area contributed by atoms with Crippen LogP contribution in [0.4, 0.5) is 5.69 Å². The molecule has 0 aromatic carbocycles. The molecule has 84 valence electrons. The van der Waals surface area contributed by atoms with Crippen molar-refractivity contribution >= 4 is 17.3 Å². The SMILES string of the molecule is Cc1nc(Cl)nc(Oc2cnn(C)c2)c1N. The fourth-order valence-corrected chi connectivity index (χ4v) is 1.37. The van der Waals surface area contributed by atoms with Crippen LogP contribution in [0.1, 0.15) is 5.69 Å². The number of hydrogen-bond donors (Lipinski definition) is 1. The minimum absolute atomic E-state index is 0.102. The van der Waals surface area contributed by atoms with E-state index in [1.807, 2.05) is 0 Å². The van der Waals surface area contributed by atoms with E-state index in [1.165, 1.54) is 0 Å². The Balaban J connectivity index is 2.34. The first kappa shape index (κ1) is 10.7. The van der Waals surface area contributed by atoms with Gasteiger partial charge >= 0.3 is 0 Å². The van der Waals surface area contributed by atoms with Gasteiger partial charge in [0, 0.05) is 7.05 Å². The monoisotopic (exact) mass is 239 g/mol. The Kier molecular flexibility index (Phi) is 2.66. The summed E-state index contributed by atoms with van der Waals surface area (Å²) in [4.78, 5) is 7.82. The molecule has 2 N–H and O–H groups in total. The molecule has 16 heavy (non-hydrogen) atoms. The Morgan fingerprint density at radius 3 is 2.81 bits per heavy atom. The predicted octanol–water partition coefficient (Wildman–Crippen LogP) is 1.55. The third-order valence-corrected chi connectivity index (χ3v) is 2.14. The van der Waals surface area contributed by atoms with Crippen LogP contribution in [0.3, 0.4) is 0 Å². The molecule has 0 aliphatic heterocycles. The number of nitrogens with zero attached hydrogens (tertiary/aromatic N) is 4. The van der Waals surface area contributed by atoms with Gasteiger partial charge in [0.2, 0.25) is 11.2 Å². The van der Waals surface area contributed by atoms with Crippen LogP contribution < -0.4 is 10.5 Å². The second-order valence-electron chi connectivity index (χ2n) is 3.25. The van der Waals surface area contributed by atoms with Crippen LogP contribution in [0, 0.1) is 6.92 Å². The van der Waals surface area contributed by atoms with Crippen molar-refractivity contribution in [2.45, 2.75) is 6.92 Å². The van der Waals surface area contributed by atoms with Crippen molar-refractivity contribution in [3.05, 3.63) is 23.4 Å². The average molecular weight is 240 g/mol. The number of rotatable bonds is 2. The third-order valence-electron chi connectivity index (χ3n) is 1.97. The van der Waals surface area contributed by atoms with E-state index in [2.05, 4.69) is 15.1 Å². The number of halogens is 1. The Morgan fingerprint density at radius 2 is 2.19 bits per heavy atom. The summed E-state index contributed by atoms with van der Waals surface area (Å²) < 4.78 is 7.06. The Hall–Kier alpha value is -1.82. The van der Waals surface area contributed by atoms with Crippen molar-refractivity contribution in [1.82, 2.24) is 19.7 Å². The highest BCUT2D eigenvalue weighted by Crippen LogP contribution is 2.27. The van der Waals surface area contributed by atoms with Gasteiger partial charge in [-0.3, -0.25) is 4.68 Å². The largest absolute Gasteiger partial charge is 0.434 e. The molecule has 0 atom stereocenters. The van der Waals surface area contributed by atoms with Crippen LogP contribution >= 0.6 is 11.6 Å². The van der Waals surface area contributed by atoms with Gasteiger partial charge in [-0.1, -0.05) is 0 Å². The number of hydrogen-bond acceptors (Lipinski definition) is 5. The maximum atomic E-state index is 5.77.